The molecule has 0 aliphatic heterocycles. The number of sulfonamides is 1. The first-order valence-electron chi connectivity index (χ1n) is 8.12. The Morgan fingerprint density at radius 3 is 2.52 bits per heavy atom. The number of benzene rings is 1. The van der Waals surface area contributed by atoms with Crippen LogP contribution >= 0.6 is 27.3 Å². The number of anilines is 1. The molecule has 0 spiro atoms. The third-order valence-electron chi connectivity index (χ3n) is 4.00. The normalized spacial score (nSPS) is 14.2. The maximum atomic E-state index is 12.6. The van der Waals surface area contributed by atoms with Gasteiger partial charge in [-0.3, -0.25) is 9.59 Å². The van der Waals surface area contributed by atoms with E-state index in [2.05, 4.69) is 26.6 Å². The molecule has 144 valence electrons. The van der Waals surface area contributed by atoms with Crippen molar-refractivity contribution < 1.29 is 18.0 Å². The maximum absolute atomic E-state index is 12.6. The zero-order valence-corrected chi connectivity index (χ0v) is 17.9. The molecule has 0 unspecified atom stereocenters. The Morgan fingerprint density at radius 2 is 1.89 bits per heavy atom. The number of carbonyl (C=O) groups is 2. The van der Waals surface area contributed by atoms with E-state index in [1.54, 1.807) is 11.4 Å². The molecule has 1 aromatic carbocycles. The van der Waals surface area contributed by atoms with Gasteiger partial charge in [0.15, 0.2) is 0 Å². The van der Waals surface area contributed by atoms with Crippen molar-refractivity contribution in [2.45, 2.75) is 23.8 Å². The maximum Gasteiger partial charge on any atom is 0.256 e. The van der Waals surface area contributed by atoms with Crippen molar-refractivity contribution in [1.82, 2.24) is 9.62 Å². The predicted molar refractivity (Wildman–Crippen MR) is 108 cm³/mol. The Labute approximate surface area is 169 Å². The Hall–Kier alpha value is -1.75. The largest absolute Gasteiger partial charge is 0.349 e. The van der Waals surface area contributed by atoms with Crippen molar-refractivity contribution in [3.05, 3.63) is 45.2 Å². The van der Waals surface area contributed by atoms with E-state index in [0.29, 0.717) is 15.0 Å². The summed E-state index contributed by atoms with van der Waals surface area (Å²) < 4.78 is 26.3. The number of hydrogen-bond donors (Lipinski definition) is 2. The molecule has 1 saturated carbocycles. The molecule has 0 bridgehead atoms. The molecule has 0 saturated heterocycles. The van der Waals surface area contributed by atoms with Crippen LogP contribution in [0.15, 0.2) is 39.0 Å². The van der Waals surface area contributed by atoms with Crippen LogP contribution in [0, 0.1) is 0 Å². The molecule has 2 N–H and O–H groups in total. The molecule has 0 atom stereocenters. The van der Waals surface area contributed by atoms with E-state index in [1.165, 1.54) is 43.6 Å². The second kappa shape index (κ2) is 7.70. The number of carbonyl (C=O) groups excluding carboxylic acids is 2. The van der Waals surface area contributed by atoms with Gasteiger partial charge in [0.05, 0.1) is 10.5 Å². The molecule has 7 nitrogen and oxygen atoms in total. The number of rotatable bonds is 6. The van der Waals surface area contributed by atoms with E-state index in [-0.39, 0.29) is 22.4 Å². The summed E-state index contributed by atoms with van der Waals surface area (Å²) in [5.41, 5.74) is 0.582. The van der Waals surface area contributed by atoms with E-state index in [0.717, 1.165) is 17.1 Å². The molecule has 0 radical (unpaired) electrons. The van der Waals surface area contributed by atoms with Gasteiger partial charge < -0.3 is 10.6 Å². The van der Waals surface area contributed by atoms with Gasteiger partial charge in [-0.05, 0) is 58.4 Å². The summed E-state index contributed by atoms with van der Waals surface area (Å²) >= 11 is 4.45. The topological polar surface area (TPSA) is 95.6 Å². The molecule has 27 heavy (non-hydrogen) atoms. The molecule has 2 aromatic rings. The summed E-state index contributed by atoms with van der Waals surface area (Å²) in [5.74, 6) is -0.707. The van der Waals surface area contributed by atoms with E-state index in [9.17, 15) is 18.0 Å². The molecule has 3 rings (SSSR count). The summed E-state index contributed by atoms with van der Waals surface area (Å²) in [6.07, 6.45) is 1.94. The van der Waals surface area contributed by atoms with Gasteiger partial charge in [0.2, 0.25) is 10.0 Å². The summed E-state index contributed by atoms with van der Waals surface area (Å²) in [5, 5.41) is 7.74. The zero-order chi connectivity index (χ0) is 19.8. The lowest BCUT2D eigenvalue weighted by atomic mass is 10.2. The van der Waals surface area contributed by atoms with Crippen LogP contribution in [0.3, 0.4) is 0 Å². The third kappa shape index (κ3) is 4.40. The highest BCUT2D eigenvalue weighted by Crippen LogP contribution is 2.28. The predicted octanol–water partition coefficient (Wildman–Crippen LogP) is 2.91. The molecular formula is C17H18BrN3O4S2. The Bertz CT molecular complexity index is 997. The minimum atomic E-state index is -3.71. The highest BCUT2D eigenvalue weighted by Gasteiger charge is 2.26. The van der Waals surface area contributed by atoms with Crippen molar-refractivity contribution in [3.8, 4) is 0 Å². The molecule has 1 aliphatic carbocycles. The van der Waals surface area contributed by atoms with Crippen LogP contribution in [0.25, 0.3) is 0 Å². The fraction of sp³-hybridized carbons (Fsp3) is 0.294. The van der Waals surface area contributed by atoms with Crippen LogP contribution < -0.4 is 10.6 Å². The number of hydrogen-bond acceptors (Lipinski definition) is 5. The van der Waals surface area contributed by atoms with Gasteiger partial charge >= 0.3 is 0 Å². The second-order valence-corrected chi connectivity index (χ2v) is 10.2. The molecule has 1 heterocycles. The summed E-state index contributed by atoms with van der Waals surface area (Å²) in [4.78, 5) is 24.9. The summed E-state index contributed by atoms with van der Waals surface area (Å²) in [6, 6.07) is 6.21. The Morgan fingerprint density at radius 1 is 1.19 bits per heavy atom. The van der Waals surface area contributed by atoms with Gasteiger partial charge in [-0.25, -0.2) is 12.7 Å². The first-order valence-corrected chi connectivity index (χ1v) is 11.2. The number of nitrogens with zero attached hydrogens (tertiary/aromatic N) is 1. The highest BCUT2D eigenvalue weighted by atomic mass is 79.9. The minimum Gasteiger partial charge on any atom is -0.349 e. The van der Waals surface area contributed by atoms with Crippen LogP contribution in [0.5, 0.6) is 0 Å². The summed E-state index contributed by atoms with van der Waals surface area (Å²) in [7, 11) is -0.866. The van der Waals surface area contributed by atoms with Gasteiger partial charge in [-0.15, -0.1) is 11.3 Å². The van der Waals surface area contributed by atoms with Crippen molar-refractivity contribution in [3.63, 3.8) is 0 Å². The number of amides is 2. The average molecular weight is 472 g/mol. The fourth-order valence-corrected chi connectivity index (χ4v) is 4.91. The van der Waals surface area contributed by atoms with E-state index in [1.807, 2.05) is 0 Å². The van der Waals surface area contributed by atoms with E-state index < -0.39 is 15.9 Å². The average Bonchev–Trinajstić information content (AvgIpc) is 3.30. The lowest BCUT2D eigenvalue weighted by molar-refractivity contribution is 0.0952. The number of nitrogens with one attached hydrogen (secondary N) is 2. The lowest BCUT2D eigenvalue weighted by Crippen LogP contribution is -2.26. The SMILES string of the molecule is CN(C)S(=O)(=O)c1cc(C(=O)Nc2sccc2C(=O)NC2CC2)ccc1Br. The molecule has 1 fully saturated rings. The fourth-order valence-electron chi connectivity index (χ4n) is 2.29. The highest BCUT2D eigenvalue weighted by molar-refractivity contribution is 9.10. The van der Waals surface area contributed by atoms with Crippen LogP contribution in [0.1, 0.15) is 33.6 Å². The van der Waals surface area contributed by atoms with Crippen molar-refractivity contribution in [2.24, 2.45) is 0 Å². The number of halogens is 1. The van der Waals surface area contributed by atoms with Gasteiger partial charge in [-0.2, -0.15) is 0 Å². The van der Waals surface area contributed by atoms with Gasteiger partial charge in [0, 0.05) is 30.2 Å². The van der Waals surface area contributed by atoms with E-state index in [4.69, 9.17) is 0 Å². The molecule has 1 aliphatic rings. The monoisotopic (exact) mass is 471 g/mol. The first kappa shape index (κ1) is 20.0. The molecular weight excluding hydrogens is 454 g/mol. The zero-order valence-electron chi connectivity index (χ0n) is 14.7. The minimum absolute atomic E-state index is 0.00182. The molecule has 2 amide bonds. The van der Waals surface area contributed by atoms with Crippen molar-refractivity contribution >= 4 is 54.1 Å². The standard InChI is InChI=1S/C17H18BrN3O4S2/c1-21(2)27(24,25)14-9-10(3-6-13(14)18)15(22)20-17-12(7-8-26-17)16(23)19-11-4-5-11/h3,6-9,11H,4-5H2,1-2H3,(H,19,23)(H,20,22). The van der Waals surface area contributed by atoms with Crippen LogP contribution in [0.4, 0.5) is 5.00 Å². The van der Waals surface area contributed by atoms with Gasteiger partial charge in [0.25, 0.3) is 11.8 Å². The number of thiophene rings is 1. The van der Waals surface area contributed by atoms with E-state index >= 15 is 0 Å². The van der Waals surface area contributed by atoms with Crippen LogP contribution in [-0.2, 0) is 10.0 Å². The Balaban J connectivity index is 1.83. The van der Waals surface area contributed by atoms with Crippen LogP contribution in [0.2, 0.25) is 0 Å². The molecule has 1 aromatic heterocycles. The van der Waals surface area contributed by atoms with Gasteiger partial charge in [0.1, 0.15) is 5.00 Å². The summed E-state index contributed by atoms with van der Waals surface area (Å²) in [6.45, 7) is 0. The third-order valence-corrected chi connectivity index (χ3v) is 7.64. The van der Waals surface area contributed by atoms with Crippen molar-refractivity contribution in [1.29, 1.82) is 0 Å². The van der Waals surface area contributed by atoms with Crippen LogP contribution in [-0.4, -0.2) is 44.7 Å². The first-order chi connectivity index (χ1) is 12.7. The van der Waals surface area contributed by atoms with Gasteiger partial charge in [-0.1, -0.05) is 0 Å². The van der Waals surface area contributed by atoms with Crippen molar-refractivity contribution in [2.75, 3.05) is 19.4 Å². The lowest BCUT2D eigenvalue weighted by Gasteiger charge is -2.14. The Kier molecular flexibility index (Phi) is 5.71. The second-order valence-electron chi connectivity index (χ2n) is 6.30. The smallest absolute Gasteiger partial charge is 0.256 e. The molecule has 10 heteroatoms. The quantitative estimate of drug-likeness (QED) is 0.676.